The summed E-state index contributed by atoms with van der Waals surface area (Å²) in [5.41, 5.74) is 0.936. The molecule has 1 atom stereocenters. The summed E-state index contributed by atoms with van der Waals surface area (Å²) < 4.78 is 10.2. The van der Waals surface area contributed by atoms with Crippen molar-refractivity contribution in [2.24, 2.45) is 0 Å². The van der Waals surface area contributed by atoms with Crippen LogP contribution in [0.2, 0.25) is 0 Å². The molecule has 0 fully saturated rings. The average molecular weight is 198 g/mol. The van der Waals surface area contributed by atoms with Gasteiger partial charge < -0.3 is 14.6 Å². The van der Waals surface area contributed by atoms with Gasteiger partial charge in [-0.1, -0.05) is 5.16 Å². The second-order valence-electron chi connectivity index (χ2n) is 3.37. The molecule has 0 aliphatic rings. The number of aryl methyl sites for hydroxylation is 1. The smallest absolute Gasteiger partial charge is 0.133 e. The molecular formula is C10H18N2O2. The molecule has 80 valence electrons. The first-order valence-electron chi connectivity index (χ1n) is 4.95. The van der Waals surface area contributed by atoms with Gasteiger partial charge in [-0.2, -0.15) is 0 Å². The average Bonchev–Trinajstić information content (AvgIpc) is 2.58. The van der Waals surface area contributed by atoms with Gasteiger partial charge >= 0.3 is 0 Å². The van der Waals surface area contributed by atoms with Crippen molar-refractivity contribution in [2.45, 2.75) is 33.4 Å². The fourth-order valence-electron chi connectivity index (χ4n) is 1.13. The minimum absolute atomic E-state index is 0.340. The van der Waals surface area contributed by atoms with Crippen LogP contribution in [-0.2, 0) is 11.3 Å². The Kier molecular flexibility index (Phi) is 4.62. The van der Waals surface area contributed by atoms with Crippen LogP contribution in [-0.4, -0.2) is 24.4 Å². The standard InChI is InChI=1S/C10H18N2O2/c1-4-13-7-8(2)11-6-10-5-9(3)14-12-10/h5,8,11H,4,6-7H2,1-3H3. The van der Waals surface area contributed by atoms with Gasteiger partial charge in [-0.15, -0.1) is 0 Å². The molecule has 0 saturated heterocycles. The monoisotopic (exact) mass is 198 g/mol. The first-order chi connectivity index (χ1) is 6.72. The minimum atomic E-state index is 0.340. The van der Waals surface area contributed by atoms with Crippen LogP contribution in [0.25, 0.3) is 0 Å². The summed E-state index contributed by atoms with van der Waals surface area (Å²) in [6, 6.07) is 2.27. The Labute approximate surface area is 84.6 Å². The molecule has 0 bridgehead atoms. The zero-order valence-corrected chi connectivity index (χ0v) is 9.04. The van der Waals surface area contributed by atoms with Crippen molar-refractivity contribution in [2.75, 3.05) is 13.2 Å². The number of hydrogen-bond donors (Lipinski definition) is 1. The number of hydrogen-bond acceptors (Lipinski definition) is 4. The van der Waals surface area contributed by atoms with E-state index in [1.165, 1.54) is 0 Å². The van der Waals surface area contributed by atoms with Crippen LogP contribution in [0.3, 0.4) is 0 Å². The van der Waals surface area contributed by atoms with Gasteiger partial charge in [-0.25, -0.2) is 0 Å². The SMILES string of the molecule is CCOCC(C)NCc1cc(C)on1. The quantitative estimate of drug-likeness (QED) is 0.752. The number of nitrogens with one attached hydrogen (secondary N) is 1. The highest BCUT2D eigenvalue weighted by Gasteiger charge is 2.03. The van der Waals surface area contributed by atoms with E-state index in [0.29, 0.717) is 6.04 Å². The fourth-order valence-corrected chi connectivity index (χ4v) is 1.13. The van der Waals surface area contributed by atoms with Gasteiger partial charge in [0.05, 0.1) is 12.3 Å². The molecule has 4 heteroatoms. The van der Waals surface area contributed by atoms with Crippen molar-refractivity contribution in [3.63, 3.8) is 0 Å². The van der Waals surface area contributed by atoms with Gasteiger partial charge in [0.25, 0.3) is 0 Å². The van der Waals surface area contributed by atoms with E-state index in [2.05, 4.69) is 17.4 Å². The number of ether oxygens (including phenoxy) is 1. The molecule has 1 rings (SSSR count). The van der Waals surface area contributed by atoms with Gasteiger partial charge in [0.2, 0.25) is 0 Å². The summed E-state index contributed by atoms with van der Waals surface area (Å²) in [6.45, 7) is 8.18. The summed E-state index contributed by atoms with van der Waals surface area (Å²) in [5, 5.41) is 7.19. The molecule has 0 aliphatic heterocycles. The molecule has 0 spiro atoms. The number of aromatic nitrogens is 1. The lowest BCUT2D eigenvalue weighted by atomic mass is 10.3. The van der Waals surface area contributed by atoms with Gasteiger partial charge in [-0.3, -0.25) is 0 Å². The lowest BCUT2D eigenvalue weighted by Crippen LogP contribution is -2.30. The summed E-state index contributed by atoms with van der Waals surface area (Å²) in [4.78, 5) is 0. The van der Waals surface area contributed by atoms with E-state index in [0.717, 1.165) is 31.2 Å². The normalized spacial score (nSPS) is 13.1. The Morgan fingerprint density at radius 1 is 1.64 bits per heavy atom. The second kappa shape index (κ2) is 5.78. The third-order valence-corrected chi connectivity index (χ3v) is 1.88. The van der Waals surface area contributed by atoms with Crippen molar-refractivity contribution >= 4 is 0 Å². The molecule has 0 saturated carbocycles. The summed E-state index contributed by atoms with van der Waals surface area (Å²) in [6.07, 6.45) is 0. The van der Waals surface area contributed by atoms with Gasteiger partial charge in [-0.05, 0) is 20.8 Å². The second-order valence-corrected chi connectivity index (χ2v) is 3.37. The molecule has 1 aromatic rings. The van der Waals surface area contributed by atoms with Gasteiger partial charge in [0.1, 0.15) is 5.76 Å². The van der Waals surface area contributed by atoms with Crippen LogP contribution in [0.1, 0.15) is 25.3 Å². The van der Waals surface area contributed by atoms with Crippen LogP contribution in [0, 0.1) is 6.92 Å². The Hall–Kier alpha value is -0.870. The zero-order chi connectivity index (χ0) is 10.4. The van der Waals surface area contributed by atoms with Crippen molar-refractivity contribution < 1.29 is 9.26 Å². The van der Waals surface area contributed by atoms with Crippen LogP contribution >= 0.6 is 0 Å². The van der Waals surface area contributed by atoms with E-state index in [-0.39, 0.29) is 0 Å². The number of nitrogens with zero attached hydrogens (tertiary/aromatic N) is 1. The maximum Gasteiger partial charge on any atom is 0.133 e. The Balaban J connectivity index is 2.20. The lowest BCUT2D eigenvalue weighted by Gasteiger charge is -2.11. The fraction of sp³-hybridized carbons (Fsp3) is 0.700. The molecule has 4 nitrogen and oxygen atoms in total. The summed E-state index contributed by atoms with van der Waals surface area (Å²) >= 11 is 0. The third-order valence-electron chi connectivity index (χ3n) is 1.88. The highest BCUT2D eigenvalue weighted by atomic mass is 16.5. The van der Waals surface area contributed by atoms with Gasteiger partial charge in [0.15, 0.2) is 0 Å². The van der Waals surface area contributed by atoms with Crippen molar-refractivity contribution in [1.82, 2.24) is 10.5 Å². The van der Waals surface area contributed by atoms with Crippen molar-refractivity contribution in [3.8, 4) is 0 Å². The molecule has 1 aromatic heterocycles. The maximum absolute atomic E-state index is 5.28. The van der Waals surface area contributed by atoms with E-state index in [4.69, 9.17) is 9.26 Å². The first kappa shape index (κ1) is 11.2. The van der Waals surface area contributed by atoms with Crippen LogP contribution in [0.4, 0.5) is 0 Å². The van der Waals surface area contributed by atoms with Gasteiger partial charge in [0, 0.05) is 25.3 Å². The van der Waals surface area contributed by atoms with Crippen molar-refractivity contribution in [3.05, 3.63) is 17.5 Å². The van der Waals surface area contributed by atoms with Crippen LogP contribution in [0.15, 0.2) is 10.6 Å². The summed E-state index contributed by atoms with van der Waals surface area (Å²) in [7, 11) is 0. The number of rotatable bonds is 6. The topological polar surface area (TPSA) is 47.3 Å². The van der Waals surface area contributed by atoms with E-state index < -0.39 is 0 Å². The maximum atomic E-state index is 5.28. The molecule has 1 N–H and O–H groups in total. The van der Waals surface area contributed by atoms with E-state index in [1.54, 1.807) is 0 Å². The minimum Gasteiger partial charge on any atom is -0.380 e. The highest BCUT2D eigenvalue weighted by Crippen LogP contribution is 2.01. The molecule has 14 heavy (non-hydrogen) atoms. The Morgan fingerprint density at radius 2 is 2.43 bits per heavy atom. The van der Waals surface area contributed by atoms with Crippen molar-refractivity contribution in [1.29, 1.82) is 0 Å². The summed E-state index contributed by atoms with van der Waals surface area (Å²) in [5.74, 6) is 0.847. The largest absolute Gasteiger partial charge is 0.380 e. The molecule has 0 aromatic carbocycles. The Morgan fingerprint density at radius 3 is 3.00 bits per heavy atom. The molecule has 0 aliphatic carbocycles. The van der Waals surface area contributed by atoms with Crippen LogP contribution in [0.5, 0.6) is 0 Å². The zero-order valence-electron chi connectivity index (χ0n) is 9.04. The van der Waals surface area contributed by atoms with E-state index in [1.807, 2.05) is 19.9 Å². The molecule has 1 heterocycles. The van der Waals surface area contributed by atoms with E-state index >= 15 is 0 Å². The molecule has 1 unspecified atom stereocenters. The predicted molar refractivity (Wildman–Crippen MR) is 54.0 cm³/mol. The molecule has 0 radical (unpaired) electrons. The van der Waals surface area contributed by atoms with E-state index in [9.17, 15) is 0 Å². The highest BCUT2D eigenvalue weighted by molar-refractivity contribution is 5.02. The van der Waals surface area contributed by atoms with Crippen LogP contribution < -0.4 is 5.32 Å². The predicted octanol–water partition coefficient (Wildman–Crippen LogP) is 1.50. The molecular weight excluding hydrogens is 180 g/mol. The first-order valence-corrected chi connectivity index (χ1v) is 4.95. The third kappa shape index (κ3) is 3.89. The Bertz CT molecular complexity index is 260. The molecule has 0 amide bonds. The lowest BCUT2D eigenvalue weighted by molar-refractivity contribution is 0.126.